The number of carboxylic acids is 1. The maximum Gasteiger partial charge on any atom is 0.410 e. The lowest BCUT2D eigenvalue weighted by Gasteiger charge is -2.41. The second-order valence-electron chi connectivity index (χ2n) is 7.86. The molecule has 6 nitrogen and oxygen atoms in total. The minimum atomic E-state index is -0.912. The van der Waals surface area contributed by atoms with E-state index in [2.05, 4.69) is 11.8 Å². The van der Waals surface area contributed by atoms with Gasteiger partial charge in [0.25, 0.3) is 0 Å². The molecular weight excluding hydrogens is 332 g/mol. The van der Waals surface area contributed by atoms with Gasteiger partial charge in [-0.25, -0.2) is 9.59 Å². The van der Waals surface area contributed by atoms with Crippen LogP contribution in [0.25, 0.3) is 0 Å². The van der Waals surface area contributed by atoms with Crippen LogP contribution in [0.2, 0.25) is 0 Å². The van der Waals surface area contributed by atoms with Gasteiger partial charge in [-0.2, -0.15) is 0 Å². The highest BCUT2D eigenvalue weighted by molar-refractivity contribution is 5.87. The normalized spacial score (nSPS) is 18.6. The monoisotopic (exact) mass is 362 g/mol. The second-order valence-corrected chi connectivity index (χ2v) is 7.86. The Balaban J connectivity index is 2.03. The molecule has 1 aromatic carbocycles. The van der Waals surface area contributed by atoms with Crippen LogP contribution in [0.15, 0.2) is 24.3 Å². The fourth-order valence-electron chi connectivity index (χ4n) is 3.27. The second kappa shape index (κ2) is 8.54. The first-order valence-corrected chi connectivity index (χ1v) is 9.24. The summed E-state index contributed by atoms with van der Waals surface area (Å²) in [5.74, 6) is -0.912. The summed E-state index contributed by atoms with van der Waals surface area (Å²) in [4.78, 5) is 27.8. The van der Waals surface area contributed by atoms with Crippen LogP contribution in [0.1, 0.15) is 56.5 Å². The number of aromatic carboxylic acids is 1. The number of carbonyl (C=O) groups excluding carboxylic acids is 1. The van der Waals surface area contributed by atoms with E-state index in [1.165, 1.54) is 0 Å². The van der Waals surface area contributed by atoms with Crippen molar-refractivity contribution in [3.8, 4) is 0 Å². The summed E-state index contributed by atoms with van der Waals surface area (Å²) in [5, 5.41) is 9.14. The Hall–Kier alpha value is -2.08. The molecule has 1 atom stereocenters. The molecule has 0 unspecified atom stereocenters. The fraction of sp³-hybridized carbons (Fsp3) is 0.600. The van der Waals surface area contributed by atoms with E-state index in [1.54, 1.807) is 18.2 Å². The SMILES string of the molecule is CCC[C@H]1CN(Cc2cccc(C(=O)O)c2)CCN1C(=O)OC(C)(C)C. The number of rotatable bonds is 5. The van der Waals surface area contributed by atoms with Crippen molar-refractivity contribution >= 4 is 12.1 Å². The lowest BCUT2D eigenvalue weighted by Crippen LogP contribution is -2.55. The van der Waals surface area contributed by atoms with E-state index in [0.717, 1.165) is 31.5 Å². The van der Waals surface area contributed by atoms with Crippen molar-refractivity contribution in [1.82, 2.24) is 9.80 Å². The van der Waals surface area contributed by atoms with E-state index in [0.29, 0.717) is 18.7 Å². The molecule has 1 heterocycles. The number of amides is 1. The summed E-state index contributed by atoms with van der Waals surface area (Å²) >= 11 is 0. The van der Waals surface area contributed by atoms with E-state index in [-0.39, 0.29) is 12.1 Å². The molecule has 26 heavy (non-hydrogen) atoms. The van der Waals surface area contributed by atoms with Crippen molar-refractivity contribution in [3.63, 3.8) is 0 Å². The molecule has 2 rings (SSSR count). The van der Waals surface area contributed by atoms with Gasteiger partial charge < -0.3 is 14.7 Å². The van der Waals surface area contributed by atoms with Gasteiger partial charge in [0.05, 0.1) is 5.56 Å². The van der Waals surface area contributed by atoms with Crippen LogP contribution in [0, 0.1) is 0 Å². The first-order valence-electron chi connectivity index (χ1n) is 9.24. The molecular formula is C20H30N2O4. The number of benzene rings is 1. The molecule has 0 bridgehead atoms. The van der Waals surface area contributed by atoms with Crippen LogP contribution in [0.4, 0.5) is 4.79 Å². The van der Waals surface area contributed by atoms with Crippen molar-refractivity contribution in [3.05, 3.63) is 35.4 Å². The highest BCUT2D eigenvalue weighted by atomic mass is 16.6. The highest BCUT2D eigenvalue weighted by Gasteiger charge is 2.32. The molecule has 6 heteroatoms. The average Bonchev–Trinajstić information content (AvgIpc) is 2.54. The number of ether oxygens (including phenoxy) is 1. The first-order chi connectivity index (χ1) is 12.2. The Morgan fingerprint density at radius 3 is 2.62 bits per heavy atom. The number of carbonyl (C=O) groups is 2. The third-order valence-corrected chi connectivity index (χ3v) is 4.40. The summed E-state index contributed by atoms with van der Waals surface area (Å²) in [6, 6.07) is 7.16. The van der Waals surface area contributed by atoms with E-state index in [4.69, 9.17) is 9.84 Å². The minimum absolute atomic E-state index is 0.117. The maximum absolute atomic E-state index is 12.5. The van der Waals surface area contributed by atoms with E-state index < -0.39 is 11.6 Å². The minimum Gasteiger partial charge on any atom is -0.478 e. The molecule has 1 aliphatic rings. The number of carboxylic acid groups (broad SMARTS) is 1. The molecule has 1 amide bonds. The largest absolute Gasteiger partial charge is 0.478 e. The molecule has 1 saturated heterocycles. The van der Waals surface area contributed by atoms with Crippen molar-refractivity contribution in [2.24, 2.45) is 0 Å². The van der Waals surface area contributed by atoms with Crippen molar-refractivity contribution in [2.75, 3.05) is 19.6 Å². The lowest BCUT2D eigenvalue weighted by atomic mass is 10.1. The molecule has 0 aromatic heterocycles. The van der Waals surface area contributed by atoms with E-state index in [1.807, 2.05) is 31.7 Å². The van der Waals surface area contributed by atoms with Crippen LogP contribution in [0.5, 0.6) is 0 Å². The molecule has 0 spiro atoms. The number of hydrogen-bond acceptors (Lipinski definition) is 4. The van der Waals surface area contributed by atoms with Gasteiger partial charge in [0.15, 0.2) is 0 Å². The Labute approximate surface area is 155 Å². The van der Waals surface area contributed by atoms with Gasteiger partial charge >= 0.3 is 12.1 Å². The molecule has 0 saturated carbocycles. The topological polar surface area (TPSA) is 70.1 Å². The Morgan fingerprint density at radius 1 is 1.27 bits per heavy atom. The zero-order chi connectivity index (χ0) is 19.3. The number of nitrogens with zero attached hydrogens (tertiary/aromatic N) is 2. The predicted molar refractivity (Wildman–Crippen MR) is 100 cm³/mol. The summed E-state index contributed by atoms with van der Waals surface area (Å²) in [7, 11) is 0. The van der Waals surface area contributed by atoms with Crippen molar-refractivity contribution in [1.29, 1.82) is 0 Å². The van der Waals surface area contributed by atoms with Crippen molar-refractivity contribution in [2.45, 2.75) is 58.7 Å². The van der Waals surface area contributed by atoms with Crippen molar-refractivity contribution < 1.29 is 19.4 Å². The summed E-state index contributed by atoms with van der Waals surface area (Å²) < 4.78 is 5.55. The van der Waals surface area contributed by atoms with Gasteiger partial charge in [0, 0.05) is 32.2 Å². The Bertz CT molecular complexity index is 639. The van der Waals surface area contributed by atoms with Crippen LogP contribution in [-0.2, 0) is 11.3 Å². The molecule has 1 aromatic rings. The maximum atomic E-state index is 12.5. The third kappa shape index (κ3) is 5.73. The highest BCUT2D eigenvalue weighted by Crippen LogP contribution is 2.20. The summed E-state index contributed by atoms with van der Waals surface area (Å²) in [6.45, 7) is 10.6. The number of hydrogen-bond donors (Lipinski definition) is 1. The quantitative estimate of drug-likeness (QED) is 0.866. The fourth-order valence-corrected chi connectivity index (χ4v) is 3.27. The van der Waals surface area contributed by atoms with Gasteiger partial charge in [0.1, 0.15) is 5.60 Å². The average molecular weight is 362 g/mol. The number of piperazine rings is 1. The van der Waals surface area contributed by atoms with Gasteiger partial charge in [-0.3, -0.25) is 4.90 Å². The predicted octanol–water partition coefficient (Wildman–Crippen LogP) is 3.61. The first kappa shape index (κ1) is 20.2. The molecule has 1 N–H and O–H groups in total. The molecule has 144 valence electrons. The molecule has 1 aliphatic heterocycles. The zero-order valence-electron chi connectivity index (χ0n) is 16.2. The zero-order valence-corrected chi connectivity index (χ0v) is 16.2. The Morgan fingerprint density at radius 2 is 2.00 bits per heavy atom. The van der Waals surface area contributed by atoms with Gasteiger partial charge in [-0.1, -0.05) is 25.5 Å². The van der Waals surface area contributed by atoms with Crippen LogP contribution in [0.3, 0.4) is 0 Å². The molecule has 1 fully saturated rings. The van der Waals surface area contributed by atoms with Gasteiger partial charge in [-0.05, 0) is 44.9 Å². The lowest BCUT2D eigenvalue weighted by molar-refractivity contribution is -0.00389. The van der Waals surface area contributed by atoms with Gasteiger partial charge in [-0.15, -0.1) is 0 Å². The molecule has 0 radical (unpaired) electrons. The standard InChI is InChI=1S/C20H30N2O4/c1-5-7-17-14-21(10-11-22(17)19(25)26-20(2,3)4)13-15-8-6-9-16(12-15)18(23)24/h6,8-9,12,17H,5,7,10-11,13-14H2,1-4H3,(H,23,24)/t17-/m0/s1. The van der Waals surface area contributed by atoms with Crippen LogP contribution in [-0.4, -0.2) is 58.2 Å². The Kier molecular flexibility index (Phi) is 6.64. The third-order valence-electron chi connectivity index (χ3n) is 4.40. The van der Waals surface area contributed by atoms with Crippen LogP contribution < -0.4 is 0 Å². The van der Waals surface area contributed by atoms with Gasteiger partial charge in [0.2, 0.25) is 0 Å². The smallest absolute Gasteiger partial charge is 0.410 e. The summed E-state index contributed by atoms with van der Waals surface area (Å²) in [6.07, 6.45) is 1.67. The van der Waals surface area contributed by atoms with Crippen LogP contribution >= 0.6 is 0 Å². The summed E-state index contributed by atoms with van der Waals surface area (Å²) in [5.41, 5.74) is 0.785. The van der Waals surface area contributed by atoms with E-state index >= 15 is 0 Å². The van der Waals surface area contributed by atoms with E-state index in [9.17, 15) is 9.59 Å². The molecule has 0 aliphatic carbocycles.